The van der Waals surface area contributed by atoms with Crippen LogP contribution >= 0.6 is 0 Å². The quantitative estimate of drug-likeness (QED) is 0.505. The molecule has 212 valence electrons. The lowest BCUT2D eigenvalue weighted by Gasteiger charge is -2.30. The van der Waals surface area contributed by atoms with Gasteiger partial charge in [-0.05, 0) is 77.0 Å². The van der Waals surface area contributed by atoms with Crippen molar-refractivity contribution in [1.29, 1.82) is 0 Å². The van der Waals surface area contributed by atoms with Crippen molar-refractivity contribution in [3.63, 3.8) is 0 Å². The van der Waals surface area contributed by atoms with Gasteiger partial charge in [0.2, 0.25) is 17.7 Å². The molecule has 2 fully saturated rings. The monoisotopic (exact) mass is 539 g/mol. The molecule has 1 saturated heterocycles. The Morgan fingerprint density at radius 1 is 1.13 bits per heavy atom. The third kappa shape index (κ3) is 7.36. The number of carbonyl (C=O) groups excluding carboxylic acids is 4. The van der Waals surface area contributed by atoms with Crippen LogP contribution in [0.1, 0.15) is 77.7 Å². The zero-order chi connectivity index (χ0) is 28.0. The summed E-state index contributed by atoms with van der Waals surface area (Å²) in [5.41, 5.74) is -0.809. The van der Waals surface area contributed by atoms with Gasteiger partial charge < -0.3 is 25.6 Å². The van der Waals surface area contributed by atoms with Crippen molar-refractivity contribution >= 4 is 23.8 Å². The van der Waals surface area contributed by atoms with Crippen molar-refractivity contribution in [2.45, 2.75) is 102 Å². The number of nitrogens with zero attached hydrogens (tertiary/aromatic N) is 2. The number of pyridine rings is 1. The fourth-order valence-electron chi connectivity index (χ4n) is 5.38. The Bertz CT molecular complexity index is 1090. The normalized spacial score (nSPS) is 27.8. The summed E-state index contributed by atoms with van der Waals surface area (Å²) >= 11 is 0. The van der Waals surface area contributed by atoms with E-state index in [-0.39, 0.29) is 23.6 Å². The van der Waals surface area contributed by atoms with E-state index < -0.39 is 29.3 Å². The first-order chi connectivity index (χ1) is 18.6. The summed E-state index contributed by atoms with van der Waals surface area (Å²) < 4.78 is 5.40. The minimum absolute atomic E-state index is 0.101. The summed E-state index contributed by atoms with van der Waals surface area (Å²) in [5.74, 6) is -0.945. The van der Waals surface area contributed by atoms with Crippen LogP contribution in [0.25, 0.3) is 0 Å². The Hall–Kier alpha value is -3.43. The molecule has 4 amide bonds. The van der Waals surface area contributed by atoms with Crippen molar-refractivity contribution in [2.75, 3.05) is 6.54 Å². The maximum atomic E-state index is 13.7. The Morgan fingerprint density at radius 3 is 2.64 bits per heavy atom. The standard InChI is InChI=1S/C29H41N5O5/c1-28(2,3)39-27(38)32-22-11-8-6-4-5-7-10-21-18-29(21,26(37)31-19-20-13-15-30-16-14-20)33-24(35)23-12-9-17-34(23)25(22)36/h7,10,13-16,21-23H,4-6,8-9,11-12,17-19H2,1-3H3,(H,31,37)(H,32,38)(H,33,35)/t21-,22+,23+,29-/m1/s1. The van der Waals surface area contributed by atoms with Crippen LogP contribution in [0.2, 0.25) is 0 Å². The zero-order valence-corrected chi connectivity index (χ0v) is 23.2. The van der Waals surface area contributed by atoms with Gasteiger partial charge in [0.25, 0.3) is 0 Å². The Balaban J connectivity index is 1.51. The first-order valence-electron chi connectivity index (χ1n) is 14.0. The van der Waals surface area contributed by atoms with Gasteiger partial charge in [-0.15, -0.1) is 0 Å². The van der Waals surface area contributed by atoms with Gasteiger partial charge in [0.1, 0.15) is 23.2 Å². The van der Waals surface area contributed by atoms with Crippen LogP contribution < -0.4 is 16.0 Å². The van der Waals surface area contributed by atoms with Gasteiger partial charge in [-0.25, -0.2) is 4.79 Å². The van der Waals surface area contributed by atoms with Gasteiger partial charge in [-0.1, -0.05) is 25.0 Å². The zero-order valence-electron chi connectivity index (χ0n) is 23.2. The minimum atomic E-state index is -1.04. The van der Waals surface area contributed by atoms with E-state index in [1.807, 2.05) is 18.2 Å². The lowest BCUT2D eigenvalue weighted by molar-refractivity contribution is -0.141. The minimum Gasteiger partial charge on any atom is -0.444 e. The molecule has 3 N–H and O–H groups in total. The highest BCUT2D eigenvalue weighted by atomic mass is 16.6. The van der Waals surface area contributed by atoms with Gasteiger partial charge in [0, 0.05) is 31.4 Å². The van der Waals surface area contributed by atoms with Crippen molar-refractivity contribution in [2.24, 2.45) is 5.92 Å². The number of aromatic nitrogens is 1. The van der Waals surface area contributed by atoms with Gasteiger partial charge in [0.05, 0.1) is 0 Å². The predicted octanol–water partition coefficient (Wildman–Crippen LogP) is 2.98. The van der Waals surface area contributed by atoms with E-state index in [0.29, 0.717) is 38.8 Å². The van der Waals surface area contributed by atoms with Crippen LogP contribution in [0, 0.1) is 5.92 Å². The van der Waals surface area contributed by atoms with Gasteiger partial charge >= 0.3 is 6.09 Å². The average molecular weight is 540 g/mol. The van der Waals surface area contributed by atoms with Crippen molar-refractivity contribution in [3.05, 3.63) is 42.2 Å². The maximum absolute atomic E-state index is 13.7. The fourth-order valence-corrected chi connectivity index (χ4v) is 5.38. The lowest BCUT2D eigenvalue weighted by atomic mass is 10.0. The molecule has 0 radical (unpaired) electrons. The third-order valence-electron chi connectivity index (χ3n) is 7.53. The molecule has 1 aromatic heterocycles. The van der Waals surface area contributed by atoms with E-state index >= 15 is 0 Å². The molecule has 1 aromatic rings. The summed E-state index contributed by atoms with van der Waals surface area (Å²) in [5, 5.41) is 8.76. The second-order valence-corrected chi connectivity index (χ2v) is 11.8. The summed E-state index contributed by atoms with van der Waals surface area (Å²) in [6, 6.07) is 2.20. The predicted molar refractivity (Wildman–Crippen MR) is 145 cm³/mol. The number of hydrogen-bond acceptors (Lipinski definition) is 6. The lowest BCUT2D eigenvalue weighted by Crippen LogP contribution is -2.57. The number of alkyl carbamates (subject to hydrolysis) is 1. The third-order valence-corrected chi connectivity index (χ3v) is 7.53. The average Bonchev–Trinajstić information content (AvgIpc) is 3.34. The highest BCUT2D eigenvalue weighted by molar-refractivity contribution is 5.98. The molecule has 10 nitrogen and oxygen atoms in total. The number of allylic oxidation sites excluding steroid dienone is 1. The molecule has 0 aromatic carbocycles. The maximum Gasteiger partial charge on any atom is 0.408 e. The smallest absolute Gasteiger partial charge is 0.408 e. The highest BCUT2D eigenvalue weighted by Gasteiger charge is 2.60. The van der Waals surface area contributed by atoms with E-state index in [4.69, 9.17) is 4.74 Å². The molecule has 1 saturated carbocycles. The van der Waals surface area contributed by atoms with Crippen LogP contribution in [0.4, 0.5) is 4.79 Å². The number of amides is 4. The van der Waals surface area contributed by atoms with Gasteiger partial charge in [0.15, 0.2) is 0 Å². The number of nitrogens with one attached hydrogen (secondary N) is 3. The highest BCUT2D eigenvalue weighted by Crippen LogP contribution is 2.45. The van der Waals surface area contributed by atoms with Crippen LogP contribution in [-0.2, 0) is 25.7 Å². The molecule has 39 heavy (non-hydrogen) atoms. The molecule has 0 unspecified atom stereocenters. The van der Waals surface area contributed by atoms with Crippen LogP contribution in [0.5, 0.6) is 0 Å². The Morgan fingerprint density at radius 2 is 1.90 bits per heavy atom. The second-order valence-electron chi connectivity index (χ2n) is 11.8. The summed E-state index contributed by atoms with van der Waals surface area (Å²) in [7, 11) is 0. The first kappa shape index (κ1) is 28.6. The first-order valence-corrected chi connectivity index (χ1v) is 14.0. The van der Waals surface area contributed by atoms with Gasteiger partial charge in [-0.3, -0.25) is 19.4 Å². The molecule has 4 atom stereocenters. The summed E-state index contributed by atoms with van der Waals surface area (Å²) in [4.78, 5) is 58.8. The molecule has 10 heteroatoms. The van der Waals surface area contributed by atoms with Crippen LogP contribution in [0.3, 0.4) is 0 Å². The molecular formula is C29H41N5O5. The second kappa shape index (κ2) is 12.2. The summed E-state index contributed by atoms with van der Waals surface area (Å²) in [6.07, 6.45) is 12.4. The van der Waals surface area contributed by atoms with E-state index in [2.05, 4.69) is 27.0 Å². The Labute approximate surface area is 230 Å². The van der Waals surface area contributed by atoms with E-state index in [1.165, 1.54) is 0 Å². The number of carbonyl (C=O) groups is 4. The molecule has 3 aliphatic rings. The molecule has 1 aliphatic carbocycles. The number of rotatable bonds is 4. The number of hydrogen-bond donors (Lipinski definition) is 3. The largest absolute Gasteiger partial charge is 0.444 e. The SMILES string of the molecule is CC(C)(C)OC(=O)N[C@H]1CCCCCC=C[C@@H]2C[C@@]2(C(=O)NCc2ccncc2)NC(=O)[C@@H]2CCCN2C1=O. The fraction of sp³-hybridized carbons (Fsp3) is 0.621. The van der Waals surface area contributed by atoms with Gasteiger partial charge in [-0.2, -0.15) is 0 Å². The number of fused-ring (bicyclic) bond motifs is 2. The Kier molecular flexibility index (Phi) is 8.92. The van der Waals surface area contributed by atoms with E-state index in [1.54, 1.807) is 38.1 Å². The number of ether oxygens (including phenoxy) is 1. The van der Waals surface area contributed by atoms with Crippen LogP contribution in [0.15, 0.2) is 36.7 Å². The topological polar surface area (TPSA) is 130 Å². The molecule has 4 rings (SSSR count). The molecular weight excluding hydrogens is 498 g/mol. The molecule has 0 spiro atoms. The molecule has 0 bridgehead atoms. The molecule has 2 aliphatic heterocycles. The summed E-state index contributed by atoms with van der Waals surface area (Å²) in [6.45, 7) is 6.07. The van der Waals surface area contributed by atoms with Crippen LogP contribution in [-0.4, -0.2) is 63.5 Å². The van der Waals surface area contributed by atoms with Crippen molar-refractivity contribution in [3.8, 4) is 0 Å². The van der Waals surface area contributed by atoms with Crippen molar-refractivity contribution in [1.82, 2.24) is 25.8 Å². The molecule has 3 heterocycles. The van der Waals surface area contributed by atoms with Crippen molar-refractivity contribution < 1.29 is 23.9 Å². The van der Waals surface area contributed by atoms with E-state index in [9.17, 15) is 19.2 Å². The van der Waals surface area contributed by atoms with E-state index in [0.717, 1.165) is 31.2 Å².